The van der Waals surface area contributed by atoms with Gasteiger partial charge in [-0.1, -0.05) is 75.5 Å². The molecular weight excluding hydrogens is 897 g/mol. The van der Waals surface area contributed by atoms with Gasteiger partial charge in [0.2, 0.25) is 11.8 Å². The average molecular weight is 955 g/mol. The number of carbonyl (C=O) groups excluding carboxylic acids is 3. The molecule has 0 radical (unpaired) electrons. The number of carboxylic acids is 1. The number of aliphatic imine (C=N–C) groups is 1. The van der Waals surface area contributed by atoms with Crippen molar-refractivity contribution in [1.82, 2.24) is 30.7 Å². The zero-order valence-electron chi connectivity index (χ0n) is 34.9. The number of nitrogens with zero attached hydrogens (tertiary/aromatic N) is 4. The first-order chi connectivity index (χ1) is 29.8. The second-order valence-corrected chi connectivity index (χ2v) is 13.4. The SMILES string of the molecule is C.C.CCN1C(=O)/C(=C/c2ccc(-c3ccccc3)o2)NC1=S.CCN1C(=O)CNC1=S.CCN1C(=O)CNC1=S.CCN=C=S.COc1ccc(-c2ccccc2)o1.NCC(=O)O. The number of isothiocyanates is 1. The molecule has 2 aromatic heterocycles. The number of hydrogen-bond acceptors (Lipinski definition) is 13. The molecule has 20 heteroatoms. The summed E-state index contributed by atoms with van der Waals surface area (Å²) in [5.74, 6) is 1.81. The molecule has 7 rings (SSSR count). The minimum Gasteiger partial charge on any atom is -0.480 e. The topological polar surface area (TPSA) is 208 Å². The molecule has 0 unspecified atom stereocenters. The molecule has 6 N–H and O–H groups in total. The van der Waals surface area contributed by atoms with Gasteiger partial charge in [-0.05, 0) is 94.8 Å². The maximum Gasteiger partial charge on any atom is 0.317 e. The molecule has 2 aromatic carbocycles. The number of carboxylic acid groups (broad SMARTS) is 1. The number of nitrogens with two attached hydrogens (primary N) is 1. The lowest BCUT2D eigenvalue weighted by Gasteiger charge is -2.09. The standard InChI is InChI=1S/C16H14N2O2S.C11H10O2.2C5H8N2OS.C3H5NS.C2H5NO2.2CH4/c1-2-18-15(19)13(17-16(18)21)10-12-8-9-14(20-12)11-6-4-3-5-7-11;1-12-11-8-7-10(13-11)9-5-3-2-4-6-9;2*1-2-7-4(8)3-6-5(7)9;1-2-4-3-5;3-1-2(4)5;;/h3-10H,2H2,1H3,(H,17,21);2-8H,1H3;2*2-3H2,1H3,(H,6,9);2H2,1H3;1,3H2,(H,4,5);2*1H4/b13-10-;;;;;;;. The van der Waals surface area contributed by atoms with Crippen molar-refractivity contribution in [3.8, 4) is 28.6 Å². The van der Waals surface area contributed by atoms with Gasteiger partial charge in [-0.25, -0.2) is 4.99 Å². The van der Waals surface area contributed by atoms with Crippen LogP contribution in [0.3, 0.4) is 0 Å². The first-order valence-corrected chi connectivity index (χ1v) is 20.7. The molecule has 0 atom stereocenters. The molecule has 5 heterocycles. The number of aliphatic carboxylic acids is 1. The van der Waals surface area contributed by atoms with Crippen molar-refractivity contribution >= 4 is 99.1 Å². The molecule has 0 spiro atoms. The zero-order chi connectivity index (χ0) is 46.0. The lowest BCUT2D eigenvalue weighted by molar-refractivity contribution is -0.135. The summed E-state index contributed by atoms with van der Waals surface area (Å²) in [7, 11) is 1.59. The van der Waals surface area contributed by atoms with E-state index in [0.717, 1.165) is 29.2 Å². The van der Waals surface area contributed by atoms with Crippen molar-refractivity contribution in [2.24, 2.45) is 10.7 Å². The van der Waals surface area contributed by atoms with E-state index in [1.54, 1.807) is 23.0 Å². The van der Waals surface area contributed by atoms with Crippen LogP contribution in [-0.2, 0) is 19.2 Å². The van der Waals surface area contributed by atoms with Gasteiger partial charge < -0.3 is 40.4 Å². The minimum atomic E-state index is -0.968. The highest BCUT2D eigenvalue weighted by molar-refractivity contribution is 7.80. The van der Waals surface area contributed by atoms with Crippen LogP contribution in [0, 0.1) is 0 Å². The highest BCUT2D eigenvalue weighted by Crippen LogP contribution is 2.26. The highest BCUT2D eigenvalue weighted by Gasteiger charge is 2.29. The van der Waals surface area contributed by atoms with E-state index in [1.807, 2.05) is 113 Å². The van der Waals surface area contributed by atoms with E-state index in [0.29, 0.717) is 65.5 Å². The van der Waals surface area contributed by atoms with E-state index in [1.165, 1.54) is 4.90 Å². The number of ether oxygens (including phenoxy) is 1. The van der Waals surface area contributed by atoms with E-state index >= 15 is 0 Å². The van der Waals surface area contributed by atoms with Crippen molar-refractivity contribution in [2.75, 3.05) is 52.9 Å². The van der Waals surface area contributed by atoms with Gasteiger partial charge in [0.1, 0.15) is 23.0 Å². The van der Waals surface area contributed by atoms with Crippen LogP contribution in [0.25, 0.3) is 28.7 Å². The number of amides is 3. The Kier molecular flexibility index (Phi) is 28.6. The van der Waals surface area contributed by atoms with Gasteiger partial charge >= 0.3 is 5.97 Å². The fraction of sp³-hybridized carbons (Fsp3) is 0.318. The minimum absolute atomic E-state index is 0. The molecule has 346 valence electrons. The van der Waals surface area contributed by atoms with E-state index in [2.05, 4.69) is 44.1 Å². The lowest BCUT2D eigenvalue weighted by Crippen LogP contribution is -2.30. The molecule has 3 aliphatic rings. The Bertz CT molecular complexity index is 2120. The van der Waals surface area contributed by atoms with Crippen LogP contribution < -0.4 is 26.4 Å². The van der Waals surface area contributed by atoms with E-state index in [-0.39, 0.29) is 39.1 Å². The number of likely N-dealkylation sites (N-methyl/N-ethyl adjacent to an activating group) is 3. The molecule has 0 bridgehead atoms. The molecule has 3 amide bonds. The third kappa shape index (κ3) is 19.1. The quantitative estimate of drug-likeness (QED) is 0.0661. The number of benzene rings is 2. The molecule has 64 heavy (non-hydrogen) atoms. The predicted octanol–water partition coefficient (Wildman–Crippen LogP) is 6.84. The van der Waals surface area contributed by atoms with Crippen LogP contribution in [0.2, 0.25) is 0 Å². The molecule has 4 aromatic rings. The summed E-state index contributed by atoms with van der Waals surface area (Å²) in [5, 5.41) is 19.8. The highest BCUT2D eigenvalue weighted by atomic mass is 32.1. The van der Waals surface area contributed by atoms with Gasteiger partial charge in [0.15, 0.2) is 15.3 Å². The van der Waals surface area contributed by atoms with Crippen LogP contribution >= 0.6 is 48.9 Å². The van der Waals surface area contributed by atoms with Gasteiger partial charge in [-0.2, -0.15) is 0 Å². The van der Waals surface area contributed by atoms with Crippen molar-refractivity contribution in [3.05, 3.63) is 96.4 Å². The fourth-order valence-corrected chi connectivity index (χ4v) is 6.05. The number of nitrogens with one attached hydrogen (secondary N) is 3. The monoisotopic (exact) mass is 954 g/mol. The van der Waals surface area contributed by atoms with Crippen molar-refractivity contribution in [2.45, 2.75) is 42.5 Å². The molecule has 16 nitrogen and oxygen atoms in total. The zero-order valence-corrected chi connectivity index (χ0v) is 38.2. The summed E-state index contributed by atoms with van der Waals surface area (Å²) >= 11 is 19.0. The summed E-state index contributed by atoms with van der Waals surface area (Å²) in [6.45, 7) is 10.7. The number of furan rings is 2. The maximum atomic E-state index is 12.1. The fourth-order valence-electron chi connectivity index (χ4n) is 4.99. The molecular formula is C44H58N8O8S4. The summed E-state index contributed by atoms with van der Waals surface area (Å²) in [6.07, 6.45) is 1.68. The van der Waals surface area contributed by atoms with E-state index in [4.69, 9.17) is 55.3 Å². The maximum absolute atomic E-state index is 12.1. The van der Waals surface area contributed by atoms with E-state index < -0.39 is 5.97 Å². The molecule has 0 saturated carbocycles. The van der Waals surface area contributed by atoms with Gasteiger partial charge in [-0.3, -0.25) is 33.9 Å². The Labute approximate surface area is 396 Å². The van der Waals surface area contributed by atoms with E-state index in [9.17, 15) is 19.2 Å². The first kappa shape index (κ1) is 57.9. The second kappa shape index (κ2) is 31.7. The van der Waals surface area contributed by atoms with Crippen molar-refractivity contribution in [3.63, 3.8) is 0 Å². The summed E-state index contributed by atoms with van der Waals surface area (Å²) in [5.41, 5.74) is 7.07. The number of hydrogen-bond donors (Lipinski definition) is 5. The normalized spacial score (nSPS) is 13.7. The predicted molar refractivity (Wildman–Crippen MR) is 268 cm³/mol. The van der Waals surface area contributed by atoms with Crippen LogP contribution in [-0.4, -0.2) is 117 Å². The Hall–Kier alpha value is -6.15. The van der Waals surface area contributed by atoms with Crippen LogP contribution in [0.15, 0.2) is 104 Å². The number of carbonyl (C=O) groups is 4. The first-order valence-electron chi connectivity index (χ1n) is 19.1. The van der Waals surface area contributed by atoms with Crippen LogP contribution in [0.5, 0.6) is 5.95 Å². The van der Waals surface area contributed by atoms with Crippen molar-refractivity contribution < 1.29 is 37.9 Å². The Morgan fingerprint density at radius 1 is 0.766 bits per heavy atom. The number of thiocarbonyl (C=S) groups is 4. The number of rotatable bonds is 9. The Morgan fingerprint density at radius 2 is 1.22 bits per heavy atom. The smallest absolute Gasteiger partial charge is 0.317 e. The second-order valence-electron chi connectivity index (χ2n) is 12.1. The lowest BCUT2D eigenvalue weighted by atomic mass is 10.2. The van der Waals surface area contributed by atoms with Gasteiger partial charge in [0.25, 0.3) is 11.9 Å². The Balaban J connectivity index is 0.000000802. The largest absolute Gasteiger partial charge is 0.480 e. The number of methoxy groups -OCH3 is 1. The van der Waals surface area contributed by atoms with Crippen LogP contribution in [0.1, 0.15) is 48.3 Å². The van der Waals surface area contributed by atoms with Crippen molar-refractivity contribution in [1.29, 1.82) is 0 Å². The molecule has 0 aliphatic carbocycles. The third-order valence-electron chi connectivity index (χ3n) is 7.99. The van der Waals surface area contributed by atoms with Gasteiger partial charge in [0.05, 0.1) is 31.9 Å². The molecule has 3 saturated heterocycles. The molecule has 3 fully saturated rings. The van der Waals surface area contributed by atoms with Crippen LogP contribution in [0.4, 0.5) is 0 Å². The molecule has 3 aliphatic heterocycles. The summed E-state index contributed by atoms with van der Waals surface area (Å²) in [6, 6.07) is 27.2. The van der Waals surface area contributed by atoms with Gasteiger partial charge in [-0.15, -0.1) is 0 Å². The summed E-state index contributed by atoms with van der Waals surface area (Å²) < 4.78 is 16.1. The average Bonchev–Trinajstić information content (AvgIpc) is 4.13. The van der Waals surface area contributed by atoms with Gasteiger partial charge in [0, 0.05) is 49.4 Å². The third-order valence-corrected chi connectivity index (χ3v) is 9.18. The summed E-state index contributed by atoms with van der Waals surface area (Å²) in [4.78, 5) is 51.1. The Morgan fingerprint density at radius 3 is 1.53 bits per heavy atom.